The average molecular weight is 519 g/mol. The summed E-state index contributed by atoms with van der Waals surface area (Å²) < 4.78 is 9.50. The number of aliphatic imine (C=N–C) groups is 1. The van der Waals surface area contributed by atoms with Crippen LogP contribution in [-0.2, 0) is 43.7 Å². The van der Waals surface area contributed by atoms with Crippen molar-refractivity contribution in [2.24, 2.45) is 4.99 Å². The van der Waals surface area contributed by atoms with Gasteiger partial charge >= 0.3 is 5.97 Å². The first-order valence-electron chi connectivity index (χ1n) is 13.1. The number of hydrogen-bond donors (Lipinski definition) is 1. The monoisotopic (exact) mass is 518 g/mol. The molecule has 11 heteroatoms. The summed E-state index contributed by atoms with van der Waals surface area (Å²) in [5, 5.41) is 11.6. The van der Waals surface area contributed by atoms with Gasteiger partial charge in [0.05, 0.1) is 14.2 Å². The van der Waals surface area contributed by atoms with Gasteiger partial charge in [-0.3, -0.25) is 4.79 Å². The second kappa shape index (κ2) is 26.0. The fraction of sp³-hybridized carbons (Fsp3) is 0.840. The second-order valence-electron chi connectivity index (χ2n) is 8.46. The van der Waals surface area contributed by atoms with Crippen LogP contribution in [0, 0.1) is 0 Å². The number of carbonyl (C=O) groups is 3. The molecular formula is C25H46N2O9. The minimum absolute atomic E-state index is 0.320. The second-order valence-corrected chi connectivity index (χ2v) is 8.46. The van der Waals surface area contributed by atoms with Crippen LogP contribution in [-0.4, -0.2) is 64.1 Å². The van der Waals surface area contributed by atoms with Crippen molar-refractivity contribution in [3.8, 4) is 0 Å². The molecule has 0 saturated carbocycles. The summed E-state index contributed by atoms with van der Waals surface area (Å²) in [5.41, 5.74) is 0. The van der Waals surface area contributed by atoms with E-state index < -0.39 is 18.1 Å². The van der Waals surface area contributed by atoms with Crippen LogP contribution in [0.3, 0.4) is 0 Å². The number of carbonyl (C=O) groups excluding carboxylic acids is 3. The zero-order valence-corrected chi connectivity index (χ0v) is 22.2. The van der Waals surface area contributed by atoms with Crippen molar-refractivity contribution in [2.75, 3.05) is 27.4 Å². The molecule has 0 bridgehead atoms. The minimum Gasteiger partial charge on any atom is -0.487 e. The summed E-state index contributed by atoms with van der Waals surface area (Å²) in [4.78, 5) is 48.0. The first-order chi connectivity index (χ1) is 17.6. The number of hydrogen-bond acceptors (Lipinski definition) is 10. The highest BCUT2D eigenvalue weighted by Gasteiger charge is 2.21. The van der Waals surface area contributed by atoms with E-state index in [0.29, 0.717) is 38.5 Å². The molecular weight excluding hydrogens is 472 g/mol. The number of aldehydes is 1. The Morgan fingerprint density at radius 2 is 1.50 bits per heavy atom. The summed E-state index contributed by atoms with van der Waals surface area (Å²) in [6, 6.07) is -0.644. The third-order valence-corrected chi connectivity index (χ3v) is 5.50. The average Bonchev–Trinajstić information content (AvgIpc) is 2.89. The number of unbranched alkanes of at least 4 members (excludes halogenated alkanes) is 10. The van der Waals surface area contributed by atoms with E-state index in [1.807, 2.05) is 0 Å². The molecule has 210 valence electrons. The third-order valence-electron chi connectivity index (χ3n) is 5.50. The molecule has 0 rings (SSSR count). The van der Waals surface area contributed by atoms with Gasteiger partial charge in [0.15, 0.2) is 18.5 Å². The van der Waals surface area contributed by atoms with Crippen LogP contribution in [0.25, 0.3) is 0 Å². The third kappa shape index (κ3) is 20.1. The number of esters is 1. The van der Waals surface area contributed by atoms with Gasteiger partial charge in [0.25, 0.3) is 5.91 Å². The molecule has 0 aromatic rings. The number of rotatable bonds is 26. The van der Waals surface area contributed by atoms with Crippen molar-refractivity contribution in [1.29, 1.82) is 0 Å². The highest BCUT2D eigenvalue weighted by atomic mass is 17.7. The zero-order chi connectivity index (χ0) is 26.7. The molecule has 0 radical (unpaired) electrons. The number of nitrogens with zero attached hydrogens (tertiary/aromatic N) is 1. The molecule has 0 aliphatic carbocycles. The zero-order valence-electron chi connectivity index (χ0n) is 22.2. The van der Waals surface area contributed by atoms with Crippen LogP contribution < -0.4 is 5.32 Å². The van der Waals surface area contributed by atoms with E-state index in [1.165, 1.54) is 65.6 Å². The van der Waals surface area contributed by atoms with Gasteiger partial charge in [0.2, 0.25) is 0 Å². The largest absolute Gasteiger partial charge is 0.487 e. The molecule has 11 nitrogen and oxygen atoms in total. The standard InChI is InChI=1S/C25H46N2O9/c1-4-5-6-7-8-9-10-11-12-13-17-23(34-36-35-33-20-19-28)24(29)26-18-15-14-16-22(25(30)32-3)27-21-31-2/h19,21-23H,4-18,20H2,1-3H3,(H,26,29). The Labute approximate surface area is 215 Å². The Morgan fingerprint density at radius 1 is 0.861 bits per heavy atom. The lowest BCUT2D eigenvalue weighted by Gasteiger charge is -2.15. The van der Waals surface area contributed by atoms with E-state index in [0.717, 1.165) is 19.3 Å². The predicted octanol–water partition coefficient (Wildman–Crippen LogP) is 4.18. The van der Waals surface area contributed by atoms with Crippen LogP contribution in [0.1, 0.15) is 96.8 Å². The summed E-state index contributed by atoms with van der Waals surface area (Å²) in [6.45, 7) is 2.29. The van der Waals surface area contributed by atoms with Crippen LogP contribution >= 0.6 is 0 Å². The van der Waals surface area contributed by atoms with Crippen molar-refractivity contribution >= 4 is 24.6 Å². The molecule has 0 fully saturated rings. The van der Waals surface area contributed by atoms with Crippen LogP contribution in [0.5, 0.6) is 0 Å². The number of ether oxygens (including phenoxy) is 2. The quantitative estimate of drug-likeness (QED) is 0.0341. The predicted molar refractivity (Wildman–Crippen MR) is 134 cm³/mol. The maximum absolute atomic E-state index is 12.6. The van der Waals surface area contributed by atoms with E-state index in [-0.39, 0.29) is 12.5 Å². The lowest BCUT2D eigenvalue weighted by Crippen LogP contribution is -2.37. The van der Waals surface area contributed by atoms with Crippen molar-refractivity contribution < 1.29 is 43.7 Å². The Morgan fingerprint density at radius 3 is 2.11 bits per heavy atom. The molecule has 0 aliphatic heterocycles. The van der Waals surface area contributed by atoms with E-state index >= 15 is 0 Å². The molecule has 0 aliphatic rings. The Balaban J connectivity index is 4.28. The molecule has 2 unspecified atom stereocenters. The van der Waals surface area contributed by atoms with Gasteiger partial charge in [0.1, 0.15) is 12.9 Å². The lowest BCUT2D eigenvalue weighted by atomic mass is 10.0. The summed E-state index contributed by atoms with van der Waals surface area (Å²) in [6.07, 6.45) is 14.8. The number of nitrogens with one attached hydrogen (secondary N) is 1. The van der Waals surface area contributed by atoms with Crippen molar-refractivity contribution in [3.05, 3.63) is 0 Å². The van der Waals surface area contributed by atoms with Crippen molar-refractivity contribution in [1.82, 2.24) is 5.32 Å². The Kier molecular flexibility index (Phi) is 24.5. The van der Waals surface area contributed by atoms with Gasteiger partial charge in [-0.05, 0) is 35.8 Å². The number of methoxy groups -OCH3 is 2. The van der Waals surface area contributed by atoms with E-state index in [2.05, 4.69) is 32.2 Å². The fourth-order valence-corrected chi connectivity index (χ4v) is 3.49. The van der Waals surface area contributed by atoms with Crippen LogP contribution in [0.2, 0.25) is 0 Å². The number of amides is 1. The fourth-order valence-electron chi connectivity index (χ4n) is 3.49. The van der Waals surface area contributed by atoms with E-state index in [9.17, 15) is 14.4 Å². The maximum atomic E-state index is 12.6. The van der Waals surface area contributed by atoms with Gasteiger partial charge in [-0.1, -0.05) is 71.1 Å². The molecule has 1 amide bonds. The maximum Gasteiger partial charge on any atom is 0.330 e. The molecule has 2 atom stereocenters. The first-order valence-corrected chi connectivity index (χ1v) is 13.1. The minimum atomic E-state index is -0.881. The highest BCUT2D eigenvalue weighted by Crippen LogP contribution is 2.14. The molecule has 0 spiro atoms. The molecule has 0 aromatic heterocycles. The Hall–Kier alpha value is -2.08. The van der Waals surface area contributed by atoms with Crippen LogP contribution in [0.15, 0.2) is 4.99 Å². The summed E-state index contributed by atoms with van der Waals surface area (Å²) >= 11 is 0. The van der Waals surface area contributed by atoms with Crippen molar-refractivity contribution in [2.45, 2.75) is 109 Å². The van der Waals surface area contributed by atoms with Gasteiger partial charge < -0.3 is 19.6 Å². The van der Waals surface area contributed by atoms with Crippen molar-refractivity contribution in [3.63, 3.8) is 0 Å². The molecule has 0 saturated heterocycles. The topological polar surface area (TPSA) is 131 Å². The smallest absolute Gasteiger partial charge is 0.330 e. The molecule has 0 aromatic carbocycles. The lowest BCUT2D eigenvalue weighted by molar-refractivity contribution is -0.636. The SMILES string of the molecule is CCCCCCCCCCCCC(OOOOCC=O)C(=O)NCCCCC(N=COC)C(=O)OC. The van der Waals surface area contributed by atoms with Gasteiger partial charge in [-0.25, -0.2) is 9.79 Å². The molecule has 0 heterocycles. The van der Waals surface area contributed by atoms with E-state index in [4.69, 9.17) is 14.4 Å². The summed E-state index contributed by atoms with van der Waals surface area (Å²) in [7, 11) is 2.76. The highest BCUT2D eigenvalue weighted by molar-refractivity contribution is 5.80. The van der Waals surface area contributed by atoms with E-state index in [1.54, 1.807) is 0 Å². The summed E-state index contributed by atoms with van der Waals surface area (Å²) in [5.74, 6) is -0.780. The normalized spacial score (nSPS) is 12.9. The molecule has 1 N–H and O–H groups in total. The molecule has 36 heavy (non-hydrogen) atoms. The van der Waals surface area contributed by atoms with Gasteiger partial charge in [-0.15, -0.1) is 0 Å². The first kappa shape index (κ1) is 33.9. The van der Waals surface area contributed by atoms with Gasteiger partial charge in [-0.2, -0.15) is 9.78 Å². The van der Waals surface area contributed by atoms with Gasteiger partial charge in [0, 0.05) is 6.54 Å². The Bertz CT molecular complexity index is 576. The van der Waals surface area contributed by atoms with Crippen LogP contribution in [0.4, 0.5) is 0 Å².